The highest BCUT2D eigenvalue weighted by molar-refractivity contribution is 7.92. The van der Waals surface area contributed by atoms with Crippen LogP contribution in [0.1, 0.15) is 11.1 Å². The Morgan fingerprint density at radius 1 is 1.10 bits per heavy atom. The third-order valence-electron chi connectivity index (χ3n) is 1.36. The van der Waals surface area contributed by atoms with Crippen molar-refractivity contribution in [3.8, 4) is 0 Å². The van der Waals surface area contributed by atoms with E-state index in [9.17, 15) is 0 Å². The van der Waals surface area contributed by atoms with E-state index in [0.29, 0.717) is 0 Å². The summed E-state index contributed by atoms with van der Waals surface area (Å²) >= 11 is 1.55. The van der Waals surface area contributed by atoms with Gasteiger partial charge in [-0.1, -0.05) is 6.07 Å². The second-order valence-corrected chi connectivity index (χ2v) is 3.23. The summed E-state index contributed by atoms with van der Waals surface area (Å²) in [5, 5.41) is 3.75. The number of aryl methyl sites for hydroxylation is 2. The van der Waals surface area contributed by atoms with E-state index in [1.54, 1.807) is 11.9 Å². The van der Waals surface area contributed by atoms with Crippen molar-refractivity contribution >= 4 is 11.9 Å². The van der Waals surface area contributed by atoms with Crippen molar-refractivity contribution < 1.29 is 5.14 Å². The molecule has 54 valence electrons. The van der Waals surface area contributed by atoms with Crippen LogP contribution in [0.4, 0.5) is 0 Å². The molecule has 0 aliphatic heterocycles. The van der Waals surface area contributed by atoms with Gasteiger partial charge in [0.1, 0.15) is 11.9 Å². The quantitative estimate of drug-likeness (QED) is 0.611. The van der Waals surface area contributed by atoms with Crippen LogP contribution in [-0.4, -0.2) is 0 Å². The molecule has 0 fully saturated rings. The minimum atomic E-state index is 1.25. The van der Waals surface area contributed by atoms with E-state index < -0.39 is 0 Å². The maximum atomic E-state index is 3.75. The van der Waals surface area contributed by atoms with E-state index in [-0.39, 0.29) is 0 Å². The van der Waals surface area contributed by atoms with Crippen LogP contribution in [0.15, 0.2) is 23.1 Å². The molecule has 0 aliphatic rings. The Balaban J connectivity index is 3.06. The normalized spacial score (nSPS) is 9.90. The molecule has 1 aromatic rings. The maximum Gasteiger partial charge on any atom is 0.107 e. The van der Waals surface area contributed by atoms with Crippen molar-refractivity contribution in [2.24, 2.45) is 0 Å². The van der Waals surface area contributed by atoms with Gasteiger partial charge in [-0.3, -0.25) is 5.14 Å². The molecule has 1 aromatic carbocycles. The average molecular weight is 154 g/mol. The first kappa shape index (κ1) is 7.63. The molecule has 1 rings (SSSR count). The van der Waals surface area contributed by atoms with Gasteiger partial charge in [0.05, 0.1) is 4.90 Å². The summed E-state index contributed by atoms with van der Waals surface area (Å²) in [6.45, 7) is 4.21. The van der Waals surface area contributed by atoms with Crippen LogP contribution in [0.5, 0.6) is 0 Å². The predicted molar refractivity (Wildman–Crippen MR) is 44.7 cm³/mol. The molecule has 0 bridgehead atoms. The summed E-state index contributed by atoms with van der Waals surface area (Å²) in [6, 6.07) is 6.45. The fourth-order valence-corrected chi connectivity index (χ4v) is 1.55. The van der Waals surface area contributed by atoms with Gasteiger partial charge >= 0.3 is 0 Å². The fourth-order valence-electron chi connectivity index (χ4n) is 1.02. The van der Waals surface area contributed by atoms with Crippen molar-refractivity contribution in [1.29, 1.82) is 0 Å². The zero-order chi connectivity index (χ0) is 7.56. The Morgan fingerprint density at radius 3 is 2.00 bits per heavy atom. The van der Waals surface area contributed by atoms with Crippen LogP contribution in [0, 0.1) is 13.8 Å². The van der Waals surface area contributed by atoms with Crippen molar-refractivity contribution in [2.75, 3.05) is 0 Å². The van der Waals surface area contributed by atoms with Gasteiger partial charge in [-0.05, 0) is 37.1 Å². The first-order chi connectivity index (χ1) is 4.72. The van der Waals surface area contributed by atoms with Crippen LogP contribution in [0.25, 0.3) is 0 Å². The molecule has 0 spiro atoms. The third kappa shape index (κ3) is 1.75. The smallest absolute Gasteiger partial charge is 0.107 e. The molecule has 10 heavy (non-hydrogen) atoms. The molecule has 3 N–H and O–H groups in total. The predicted octanol–water partition coefficient (Wildman–Crippen LogP) is 1.55. The molecule has 0 amide bonds. The lowest BCUT2D eigenvalue weighted by molar-refractivity contribution is -0.137. The van der Waals surface area contributed by atoms with Crippen molar-refractivity contribution in [1.82, 2.24) is 0 Å². The minimum Gasteiger partial charge on any atom is -0.292 e. The van der Waals surface area contributed by atoms with Gasteiger partial charge in [-0.15, -0.1) is 0 Å². The highest BCUT2D eigenvalue weighted by Crippen LogP contribution is 2.14. The van der Waals surface area contributed by atoms with Gasteiger partial charge in [0, 0.05) is 0 Å². The van der Waals surface area contributed by atoms with Gasteiger partial charge in [-0.25, -0.2) is 0 Å². The van der Waals surface area contributed by atoms with Crippen molar-refractivity contribution in [3.63, 3.8) is 0 Å². The number of rotatable bonds is 1. The Hall–Kier alpha value is -0.470. The summed E-state index contributed by atoms with van der Waals surface area (Å²) < 4.78 is 0. The highest BCUT2D eigenvalue weighted by atomic mass is 32.2. The molecule has 2 heteroatoms. The first-order valence-electron chi connectivity index (χ1n) is 3.22. The molecular weight excluding hydrogens is 142 g/mol. The number of quaternary nitrogens is 1. The van der Waals surface area contributed by atoms with E-state index >= 15 is 0 Å². The molecule has 0 aromatic heterocycles. The minimum absolute atomic E-state index is 1.25. The zero-order valence-corrected chi connectivity index (χ0v) is 7.16. The van der Waals surface area contributed by atoms with Crippen molar-refractivity contribution in [2.45, 2.75) is 18.7 Å². The summed E-state index contributed by atoms with van der Waals surface area (Å²) in [5.41, 5.74) is 2.62. The Kier molecular flexibility index (Phi) is 2.35. The molecule has 0 saturated carbocycles. The Bertz CT molecular complexity index is 212. The Labute approximate surface area is 65.8 Å². The maximum absolute atomic E-state index is 3.75. The molecule has 0 heterocycles. The standard InChI is InChI=1S/C8H11NS/c1-6-3-7(2)5-8(4-6)10-9/h3-5H,9H2,1-2H3/p+1. The largest absolute Gasteiger partial charge is 0.292 e. The number of hydrogen-bond donors (Lipinski definition) is 1. The molecule has 1 nitrogen and oxygen atoms in total. The topological polar surface area (TPSA) is 27.6 Å². The summed E-state index contributed by atoms with van der Waals surface area (Å²) in [7, 11) is 0. The van der Waals surface area contributed by atoms with Crippen LogP contribution in [0.3, 0.4) is 0 Å². The monoisotopic (exact) mass is 154 g/mol. The molecule has 0 unspecified atom stereocenters. The van der Waals surface area contributed by atoms with E-state index in [2.05, 4.69) is 37.2 Å². The SMILES string of the molecule is Cc1cc(C)cc(S[NH3+])c1. The fraction of sp³-hybridized carbons (Fsp3) is 0.250. The van der Waals surface area contributed by atoms with E-state index in [0.717, 1.165) is 0 Å². The van der Waals surface area contributed by atoms with Crippen LogP contribution in [0.2, 0.25) is 0 Å². The second kappa shape index (κ2) is 3.08. The molecule has 0 radical (unpaired) electrons. The first-order valence-corrected chi connectivity index (χ1v) is 4.21. The molecule has 0 saturated heterocycles. The summed E-state index contributed by atoms with van der Waals surface area (Å²) in [6.07, 6.45) is 0. The van der Waals surface area contributed by atoms with E-state index in [4.69, 9.17) is 0 Å². The van der Waals surface area contributed by atoms with Crippen LogP contribution in [-0.2, 0) is 0 Å². The van der Waals surface area contributed by atoms with Gasteiger partial charge < -0.3 is 0 Å². The zero-order valence-electron chi connectivity index (χ0n) is 6.35. The van der Waals surface area contributed by atoms with Crippen LogP contribution >= 0.6 is 11.9 Å². The van der Waals surface area contributed by atoms with Gasteiger partial charge in [0.25, 0.3) is 0 Å². The lowest BCUT2D eigenvalue weighted by Gasteiger charge is -1.97. The van der Waals surface area contributed by atoms with Gasteiger partial charge in [0.15, 0.2) is 0 Å². The van der Waals surface area contributed by atoms with E-state index in [1.807, 2.05) is 0 Å². The summed E-state index contributed by atoms with van der Waals surface area (Å²) in [5.74, 6) is 0. The third-order valence-corrected chi connectivity index (χ3v) is 1.93. The lowest BCUT2D eigenvalue weighted by Crippen LogP contribution is -2.35. The average Bonchev–Trinajstić information content (AvgIpc) is 1.85. The Morgan fingerprint density at radius 2 is 1.60 bits per heavy atom. The lowest BCUT2D eigenvalue weighted by atomic mass is 10.2. The van der Waals surface area contributed by atoms with Gasteiger partial charge in [0.2, 0.25) is 0 Å². The highest BCUT2D eigenvalue weighted by Gasteiger charge is 1.94. The molecular formula is C8H12NS+. The van der Waals surface area contributed by atoms with Gasteiger partial charge in [-0.2, -0.15) is 0 Å². The molecule has 0 atom stereocenters. The number of benzene rings is 1. The van der Waals surface area contributed by atoms with Crippen LogP contribution < -0.4 is 5.14 Å². The van der Waals surface area contributed by atoms with E-state index in [1.165, 1.54) is 16.0 Å². The second-order valence-electron chi connectivity index (χ2n) is 2.47. The molecule has 0 aliphatic carbocycles. The van der Waals surface area contributed by atoms with Crippen molar-refractivity contribution in [3.05, 3.63) is 29.3 Å². The number of hydrogen-bond acceptors (Lipinski definition) is 1. The summed E-state index contributed by atoms with van der Waals surface area (Å²) in [4.78, 5) is 1.25.